The van der Waals surface area contributed by atoms with Gasteiger partial charge in [-0.3, -0.25) is 9.36 Å². The van der Waals surface area contributed by atoms with Gasteiger partial charge in [-0.25, -0.2) is 4.39 Å². The number of thioether (sulfide) groups is 1. The highest BCUT2D eigenvalue weighted by Crippen LogP contribution is 2.24. The van der Waals surface area contributed by atoms with Gasteiger partial charge in [0, 0.05) is 12.1 Å². The number of hydrogen-bond donors (Lipinski definition) is 1. The van der Waals surface area contributed by atoms with Crippen molar-refractivity contribution in [3.8, 4) is 11.4 Å². The maximum atomic E-state index is 13.2. The van der Waals surface area contributed by atoms with E-state index in [9.17, 15) is 9.18 Å². The summed E-state index contributed by atoms with van der Waals surface area (Å²) in [4.78, 5) is 12.3. The Labute approximate surface area is 167 Å². The van der Waals surface area contributed by atoms with Gasteiger partial charge in [-0.05, 0) is 36.8 Å². The van der Waals surface area contributed by atoms with Crippen LogP contribution in [0.25, 0.3) is 11.4 Å². The minimum absolute atomic E-state index is 0.0740. The lowest BCUT2D eigenvalue weighted by molar-refractivity contribution is -0.119. The number of benzene rings is 2. The third kappa shape index (κ3) is 4.86. The molecule has 0 saturated heterocycles. The van der Waals surface area contributed by atoms with Gasteiger partial charge in [0.25, 0.3) is 0 Å². The molecule has 144 valence electrons. The van der Waals surface area contributed by atoms with Gasteiger partial charge in [-0.1, -0.05) is 48.2 Å². The Bertz CT molecular complexity index is 941. The monoisotopic (exact) mass is 396 g/mol. The van der Waals surface area contributed by atoms with E-state index >= 15 is 0 Å². The first-order valence-corrected chi connectivity index (χ1v) is 9.84. The Kier molecular flexibility index (Phi) is 6.60. The number of allylic oxidation sites excluding steroid dienone is 1. The molecule has 0 saturated carbocycles. The first-order chi connectivity index (χ1) is 13.6. The number of halogens is 1. The lowest BCUT2D eigenvalue weighted by Crippen LogP contribution is -2.28. The van der Waals surface area contributed by atoms with E-state index in [4.69, 9.17) is 0 Å². The van der Waals surface area contributed by atoms with E-state index in [0.717, 1.165) is 11.1 Å². The van der Waals surface area contributed by atoms with E-state index < -0.39 is 0 Å². The summed E-state index contributed by atoms with van der Waals surface area (Å²) in [7, 11) is 0. The number of hydrogen-bond acceptors (Lipinski definition) is 4. The molecular weight excluding hydrogens is 375 g/mol. The predicted octanol–water partition coefficient (Wildman–Crippen LogP) is 4.24. The van der Waals surface area contributed by atoms with E-state index in [-0.39, 0.29) is 23.5 Å². The van der Waals surface area contributed by atoms with Crippen LogP contribution in [0.2, 0.25) is 0 Å². The number of nitrogens with one attached hydrogen (secondary N) is 1. The van der Waals surface area contributed by atoms with Crippen LogP contribution in [-0.4, -0.2) is 26.4 Å². The van der Waals surface area contributed by atoms with Crippen LogP contribution >= 0.6 is 11.8 Å². The molecule has 0 bridgehead atoms. The fraction of sp³-hybridized carbons (Fsp3) is 0.190. The molecule has 1 atom stereocenters. The van der Waals surface area contributed by atoms with Crippen LogP contribution in [0.5, 0.6) is 0 Å². The van der Waals surface area contributed by atoms with Gasteiger partial charge in [0.1, 0.15) is 5.82 Å². The molecule has 3 rings (SSSR count). The molecule has 0 fully saturated rings. The molecule has 28 heavy (non-hydrogen) atoms. The zero-order valence-corrected chi connectivity index (χ0v) is 16.3. The van der Waals surface area contributed by atoms with Crippen LogP contribution in [0.4, 0.5) is 4.39 Å². The quantitative estimate of drug-likeness (QED) is 0.457. The summed E-state index contributed by atoms with van der Waals surface area (Å²) in [6.45, 7) is 6.21. The van der Waals surface area contributed by atoms with Gasteiger partial charge < -0.3 is 5.32 Å². The number of aromatic nitrogens is 3. The molecule has 0 aliphatic heterocycles. The summed E-state index contributed by atoms with van der Waals surface area (Å²) in [6, 6.07) is 15.8. The largest absolute Gasteiger partial charge is 0.349 e. The number of rotatable bonds is 8. The van der Waals surface area contributed by atoms with Crippen molar-refractivity contribution in [1.82, 2.24) is 20.1 Å². The first-order valence-electron chi connectivity index (χ1n) is 8.85. The predicted molar refractivity (Wildman–Crippen MR) is 109 cm³/mol. The van der Waals surface area contributed by atoms with Crippen LogP contribution in [-0.2, 0) is 11.3 Å². The minimum atomic E-state index is -0.308. The van der Waals surface area contributed by atoms with Crippen LogP contribution in [0.3, 0.4) is 0 Å². The lowest BCUT2D eigenvalue weighted by Gasteiger charge is -2.14. The third-order valence-electron chi connectivity index (χ3n) is 4.14. The van der Waals surface area contributed by atoms with Gasteiger partial charge in [-0.15, -0.1) is 16.8 Å². The van der Waals surface area contributed by atoms with Crippen molar-refractivity contribution in [1.29, 1.82) is 0 Å². The zero-order chi connectivity index (χ0) is 19.9. The van der Waals surface area contributed by atoms with Crippen LogP contribution < -0.4 is 5.32 Å². The van der Waals surface area contributed by atoms with Gasteiger partial charge in [0.2, 0.25) is 5.91 Å². The molecule has 0 aliphatic rings. The van der Waals surface area contributed by atoms with Crippen molar-refractivity contribution in [3.05, 3.63) is 78.6 Å². The van der Waals surface area contributed by atoms with Crippen molar-refractivity contribution < 1.29 is 9.18 Å². The van der Waals surface area contributed by atoms with E-state index in [0.29, 0.717) is 17.5 Å². The van der Waals surface area contributed by atoms with Crippen molar-refractivity contribution in [2.75, 3.05) is 5.75 Å². The van der Waals surface area contributed by atoms with E-state index in [1.165, 1.54) is 23.9 Å². The Hall–Kier alpha value is -2.93. The number of carbonyl (C=O) groups is 1. The summed E-state index contributed by atoms with van der Waals surface area (Å²) >= 11 is 1.31. The maximum Gasteiger partial charge on any atom is 0.230 e. The second kappa shape index (κ2) is 9.32. The smallest absolute Gasteiger partial charge is 0.230 e. The normalized spacial score (nSPS) is 11.8. The highest BCUT2D eigenvalue weighted by atomic mass is 32.2. The molecule has 1 N–H and O–H groups in total. The molecular formula is C21H21FN4OS. The summed E-state index contributed by atoms with van der Waals surface area (Å²) in [5.74, 6) is 0.436. The Morgan fingerprint density at radius 1 is 1.21 bits per heavy atom. The molecule has 0 unspecified atom stereocenters. The van der Waals surface area contributed by atoms with E-state index in [1.807, 2.05) is 41.8 Å². The minimum Gasteiger partial charge on any atom is -0.349 e. The molecule has 0 radical (unpaired) electrons. The molecule has 1 aromatic heterocycles. The fourth-order valence-corrected chi connectivity index (χ4v) is 3.50. The van der Waals surface area contributed by atoms with Crippen molar-refractivity contribution in [3.63, 3.8) is 0 Å². The highest BCUT2D eigenvalue weighted by Gasteiger charge is 2.16. The lowest BCUT2D eigenvalue weighted by atomic mass is 10.1. The summed E-state index contributed by atoms with van der Waals surface area (Å²) in [5, 5.41) is 12.0. The van der Waals surface area contributed by atoms with Crippen LogP contribution in [0.15, 0.2) is 72.4 Å². The average molecular weight is 396 g/mol. The highest BCUT2D eigenvalue weighted by molar-refractivity contribution is 7.99. The molecule has 0 spiro atoms. The van der Waals surface area contributed by atoms with Crippen LogP contribution in [0, 0.1) is 5.82 Å². The number of carbonyl (C=O) groups excluding carboxylic acids is 1. The first kappa shape index (κ1) is 19.8. The molecule has 7 heteroatoms. The molecule has 0 aliphatic carbocycles. The average Bonchev–Trinajstić information content (AvgIpc) is 3.10. The maximum absolute atomic E-state index is 13.2. The molecule has 1 amide bonds. The SMILES string of the molecule is C=CCn1c(SCC(=O)N[C@@H](C)c2ccccc2)nnc1-c1ccc(F)cc1. The van der Waals surface area contributed by atoms with Gasteiger partial charge in [0.05, 0.1) is 11.8 Å². The summed E-state index contributed by atoms with van der Waals surface area (Å²) in [5.41, 5.74) is 1.80. The zero-order valence-electron chi connectivity index (χ0n) is 15.5. The topological polar surface area (TPSA) is 59.8 Å². The van der Waals surface area contributed by atoms with Gasteiger partial charge in [0.15, 0.2) is 11.0 Å². The molecule has 2 aromatic carbocycles. The standard InChI is InChI=1S/C21H21FN4OS/c1-3-13-26-20(17-9-11-18(22)12-10-17)24-25-21(26)28-14-19(27)23-15(2)16-7-5-4-6-8-16/h3-12,15H,1,13-14H2,2H3,(H,23,27)/t15-/m0/s1. The van der Waals surface area contributed by atoms with Gasteiger partial charge in [-0.2, -0.15) is 0 Å². The Balaban J connectivity index is 1.67. The second-order valence-corrected chi connectivity index (χ2v) is 7.14. The van der Waals surface area contributed by atoms with Crippen molar-refractivity contribution >= 4 is 17.7 Å². The van der Waals surface area contributed by atoms with Gasteiger partial charge >= 0.3 is 0 Å². The van der Waals surface area contributed by atoms with Crippen molar-refractivity contribution in [2.45, 2.75) is 24.7 Å². The van der Waals surface area contributed by atoms with Crippen LogP contribution in [0.1, 0.15) is 18.5 Å². The van der Waals surface area contributed by atoms with E-state index in [2.05, 4.69) is 22.1 Å². The molecule has 5 nitrogen and oxygen atoms in total. The molecule has 1 heterocycles. The Morgan fingerprint density at radius 2 is 1.93 bits per heavy atom. The summed E-state index contributed by atoms with van der Waals surface area (Å²) in [6.07, 6.45) is 1.73. The van der Waals surface area contributed by atoms with E-state index in [1.54, 1.807) is 18.2 Å². The Morgan fingerprint density at radius 3 is 2.61 bits per heavy atom. The number of amides is 1. The fourth-order valence-electron chi connectivity index (χ4n) is 2.74. The molecule has 3 aromatic rings. The van der Waals surface area contributed by atoms with Crippen molar-refractivity contribution in [2.24, 2.45) is 0 Å². The number of nitrogens with zero attached hydrogens (tertiary/aromatic N) is 3. The summed E-state index contributed by atoms with van der Waals surface area (Å²) < 4.78 is 15.0. The second-order valence-electron chi connectivity index (χ2n) is 6.20. The third-order valence-corrected chi connectivity index (χ3v) is 5.11.